The molecule has 112 valence electrons. The number of nitrogens with one attached hydrogen (secondary N) is 2. The summed E-state index contributed by atoms with van der Waals surface area (Å²) in [6, 6.07) is 5.84. The van der Waals surface area contributed by atoms with Crippen LogP contribution in [-0.2, 0) is 17.8 Å². The lowest BCUT2D eigenvalue weighted by atomic mass is 10.1. The largest absolute Gasteiger partial charge is 0.453 e. The fourth-order valence-corrected chi connectivity index (χ4v) is 2.90. The van der Waals surface area contributed by atoms with E-state index in [0.717, 1.165) is 25.1 Å². The fraction of sp³-hybridized carbons (Fsp3) is 0.467. The number of alkyl carbamates (subject to hydrolysis) is 1. The zero-order valence-corrected chi connectivity index (χ0v) is 12.0. The molecule has 1 aromatic carbocycles. The molecule has 0 aromatic heterocycles. The van der Waals surface area contributed by atoms with Crippen molar-refractivity contribution < 1.29 is 14.3 Å². The van der Waals surface area contributed by atoms with Crippen LogP contribution in [0.25, 0.3) is 0 Å². The summed E-state index contributed by atoms with van der Waals surface area (Å²) >= 11 is 0. The van der Waals surface area contributed by atoms with Crippen LogP contribution in [0.3, 0.4) is 0 Å². The van der Waals surface area contributed by atoms with Crippen LogP contribution < -0.4 is 10.6 Å². The van der Waals surface area contributed by atoms with Crippen molar-refractivity contribution in [2.45, 2.75) is 25.6 Å². The third-order valence-corrected chi connectivity index (χ3v) is 4.07. The molecule has 0 bridgehead atoms. The van der Waals surface area contributed by atoms with Crippen molar-refractivity contribution in [2.24, 2.45) is 0 Å². The Kier molecular flexibility index (Phi) is 3.79. The topological polar surface area (TPSA) is 70.7 Å². The Hall–Kier alpha value is -2.08. The second-order valence-electron chi connectivity index (χ2n) is 5.46. The number of carbonyl (C=O) groups excluding carboxylic acids is 2. The van der Waals surface area contributed by atoms with E-state index in [-0.39, 0.29) is 11.9 Å². The maximum absolute atomic E-state index is 12.5. The van der Waals surface area contributed by atoms with Crippen LogP contribution in [0.2, 0.25) is 0 Å². The predicted octanol–water partition coefficient (Wildman–Crippen LogP) is 0.860. The third-order valence-electron chi connectivity index (χ3n) is 4.07. The first-order valence-corrected chi connectivity index (χ1v) is 7.13. The molecular formula is C15H19N3O3. The minimum absolute atomic E-state index is 0.0267. The lowest BCUT2D eigenvalue weighted by Crippen LogP contribution is -2.38. The molecule has 2 N–H and O–H groups in total. The molecule has 1 aromatic rings. The monoisotopic (exact) mass is 289 g/mol. The quantitative estimate of drug-likeness (QED) is 0.847. The van der Waals surface area contributed by atoms with Gasteiger partial charge in [-0.2, -0.15) is 0 Å². The Morgan fingerprint density at radius 1 is 1.33 bits per heavy atom. The van der Waals surface area contributed by atoms with Gasteiger partial charge in [-0.05, 0) is 29.7 Å². The van der Waals surface area contributed by atoms with Gasteiger partial charge < -0.3 is 20.3 Å². The van der Waals surface area contributed by atoms with Gasteiger partial charge in [-0.25, -0.2) is 4.79 Å². The minimum atomic E-state index is -0.446. The number of likely N-dealkylation sites (tertiary alicyclic amines) is 1. The van der Waals surface area contributed by atoms with Crippen LogP contribution >= 0.6 is 0 Å². The number of methoxy groups -OCH3 is 1. The van der Waals surface area contributed by atoms with Gasteiger partial charge in [0.05, 0.1) is 13.2 Å². The third kappa shape index (κ3) is 2.85. The van der Waals surface area contributed by atoms with E-state index in [1.165, 1.54) is 18.2 Å². The van der Waals surface area contributed by atoms with Gasteiger partial charge in [0.25, 0.3) is 5.91 Å². The van der Waals surface area contributed by atoms with Gasteiger partial charge in [0, 0.05) is 31.7 Å². The zero-order chi connectivity index (χ0) is 14.8. The van der Waals surface area contributed by atoms with E-state index in [2.05, 4.69) is 15.4 Å². The summed E-state index contributed by atoms with van der Waals surface area (Å²) in [5.74, 6) is 0.0267. The Morgan fingerprint density at radius 3 is 2.95 bits per heavy atom. The second-order valence-corrected chi connectivity index (χ2v) is 5.46. The van der Waals surface area contributed by atoms with E-state index in [0.29, 0.717) is 13.1 Å². The molecular weight excluding hydrogens is 270 g/mol. The second kappa shape index (κ2) is 5.73. The van der Waals surface area contributed by atoms with Crippen molar-refractivity contribution >= 4 is 12.0 Å². The lowest BCUT2D eigenvalue weighted by molar-refractivity contribution is 0.0788. The molecule has 2 heterocycles. The van der Waals surface area contributed by atoms with E-state index < -0.39 is 6.09 Å². The molecule has 3 rings (SSSR count). The summed E-state index contributed by atoms with van der Waals surface area (Å²) in [5, 5.41) is 6.01. The normalized spacial score (nSPS) is 20.2. The van der Waals surface area contributed by atoms with Crippen molar-refractivity contribution in [3.05, 3.63) is 34.9 Å². The first kappa shape index (κ1) is 13.9. The highest BCUT2D eigenvalue weighted by molar-refractivity contribution is 5.94. The van der Waals surface area contributed by atoms with Gasteiger partial charge in [0.15, 0.2) is 0 Å². The average molecular weight is 289 g/mol. The van der Waals surface area contributed by atoms with Crippen molar-refractivity contribution in [2.75, 3.05) is 20.2 Å². The molecule has 0 saturated carbocycles. The molecule has 6 heteroatoms. The molecule has 1 unspecified atom stereocenters. The van der Waals surface area contributed by atoms with Crippen LogP contribution in [0.5, 0.6) is 0 Å². The van der Waals surface area contributed by atoms with Crippen molar-refractivity contribution in [1.29, 1.82) is 0 Å². The summed E-state index contributed by atoms with van der Waals surface area (Å²) in [6.07, 6.45) is 0.311. The van der Waals surface area contributed by atoms with E-state index in [4.69, 9.17) is 0 Å². The minimum Gasteiger partial charge on any atom is -0.453 e. The maximum Gasteiger partial charge on any atom is 0.407 e. The Balaban J connectivity index is 1.65. The molecule has 21 heavy (non-hydrogen) atoms. The Morgan fingerprint density at radius 2 is 2.14 bits per heavy atom. The summed E-state index contributed by atoms with van der Waals surface area (Å²) in [5.41, 5.74) is 3.18. The van der Waals surface area contributed by atoms with E-state index >= 15 is 0 Å². The Labute approximate surface area is 123 Å². The molecule has 2 aliphatic rings. The van der Waals surface area contributed by atoms with E-state index in [1.807, 2.05) is 18.2 Å². The SMILES string of the molecule is COC(=O)NC1CCN(C(=O)c2ccc3c(c2)CNC3)C1. The van der Waals surface area contributed by atoms with Gasteiger partial charge in [-0.3, -0.25) is 4.79 Å². The molecule has 1 atom stereocenters. The smallest absolute Gasteiger partial charge is 0.407 e. The summed E-state index contributed by atoms with van der Waals surface area (Å²) in [6.45, 7) is 2.88. The van der Waals surface area contributed by atoms with Crippen molar-refractivity contribution in [3.8, 4) is 0 Å². The number of carbonyl (C=O) groups is 2. The van der Waals surface area contributed by atoms with Gasteiger partial charge in [0.1, 0.15) is 0 Å². The molecule has 2 aliphatic heterocycles. The maximum atomic E-state index is 12.5. The molecule has 0 spiro atoms. The highest BCUT2D eigenvalue weighted by atomic mass is 16.5. The number of nitrogens with zero attached hydrogens (tertiary/aromatic N) is 1. The number of ether oxygens (including phenoxy) is 1. The summed E-state index contributed by atoms with van der Waals surface area (Å²) in [7, 11) is 1.34. The first-order chi connectivity index (χ1) is 10.2. The van der Waals surface area contributed by atoms with Crippen LogP contribution in [0, 0.1) is 0 Å². The van der Waals surface area contributed by atoms with Crippen molar-refractivity contribution in [3.63, 3.8) is 0 Å². The van der Waals surface area contributed by atoms with Gasteiger partial charge >= 0.3 is 6.09 Å². The first-order valence-electron chi connectivity index (χ1n) is 7.13. The zero-order valence-electron chi connectivity index (χ0n) is 12.0. The predicted molar refractivity (Wildman–Crippen MR) is 76.8 cm³/mol. The summed E-state index contributed by atoms with van der Waals surface area (Å²) in [4.78, 5) is 25.5. The number of fused-ring (bicyclic) bond motifs is 1. The van der Waals surface area contributed by atoms with Gasteiger partial charge in [0.2, 0.25) is 0 Å². The fourth-order valence-electron chi connectivity index (χ4n) is 2.90. The summed E-state index contributed by atoms with van der Waals surface area (Å²) < 4.78 is 4.58. The van der Waals surface area contributed by atoms with Crippen LogP contribution in [0.1, 0.15) is 27.9 Å². The highest BCUT2D eigenvalue weighted by Crippen LogP contribution is 2.20. The molecule has 1 saturated heterocycles. The van der Waals surface area contributed by atoms with Crippen LogP contribution in [-0.4, -0.2) is 43.1 Å². The van der Waals surface area contributed by atoms with E-state index in [9.17, 15) is 9.59 Å². The van der Waals surface area contributed by atoms with Gasteiger partial charge in [-0.1, -0.05) is 6.07 Å². The molecule has 2 amide bonds. The molecule has 0 aliphatic carbocycles. The molecule has 1 fully saturated rings. The number of hydrogen-bond donors (Lipinski definition) is 2. The van der Waals surface area contributed by atoms with Crippen molar-refractivity contribution in [1.82, 2.24) is 15.5 Å². The van der Waals surface area contributed by atoms with Crippen LogP contribution in [0.4, 0.5) is 4.79 Å². The standard InChI is InChI=1S/C15H19N3O3/c1-21-15(20)17-13-4-5-18(9-13)14(19)10-2-3-11-7-16-8-12(11)6-10/h2-3,6,13,16H,4-5,7-9H2,1H3,(H,17,20). The number of hydrogen-bond acceptors (Lipinski definition) is 4. The average Bonchev–Trinajstić information content (AvgIpc) is 3.14. The van der Waals surface area contributed by atoms with Crippen LogP contribution in [0.15, 0.2) is 18.2 Å². The Bertz CT molecular complexity index is 573. The highest BCUT2D eigenvalue weighted by Gasteiger charge is 2.28. The number of rotatable bonds is 2. The number of benzene rings is 1. The van der Waals surface area contributed by atoms with E-state index in [1.54, 1.807) is 4.90 Å². The van der Waals surface area contributed by atoms with Gasteiger partial charge in [-0.15, -0.1) is 0 Å². The molecule has 0 radical (unpaired) electrons. The molecule has 6 nitrogen and oxygen atoms in total. The lowest BCUT2D eigenvalue weighted by Gasteiger charge is -2.17. The number of amides is 2.